The Morgan fingerprint density at radius 1 is 0.694 bits per heavy atom. The quantitative estimate of drug-likeness (QED) is 0.0159. The number of aliphatic carboxylic acids is 2. The number of H-pyrrole nitrogens is 1. The summed E-state index contributed by atoms with van der Waals surface area (Å²) in [4.78, 5) is 202. The maximum Gasteiger partial charge on any atom is 0.303 e. The number of nitrogens with zero attached hydrogens (tertiary/aromatic N) is 2. The number of aromatic nitrogens is 1. The fraction of sp³-hybridized carbons (Fsp3) is 0.486. The number of amides is 12. The van der Waals surface area contributed by atoms with E-state index in [-0.39, 0.29) is 86.0 Å². The van der Waals surface area contributed by atoms with E-state index < -0.39 is 218 Å². The number of carbonyl (C=O) groups excluding carboxylic acids is 12. The molecule has 1 aliphatic carbocycles. The van der Waals surface area contributed by atoms with Gasteiger partial charge in [-0.3, -0.25) is 72.5 Å². The van der Waals surface area contributed by atoms with Crippen molar-refractivity contribution in [3.05, 3.63) is 101 Å². The minimum Gasteiger partial charge on any atom is -0.508 e. The number of halogens is 1. The molecule has 1 saturated carbocycles. The number of nitrogens with two attached hydrogens (primary N) is 3. The molecule has 0 spiro atoms. The molecule has 3 heterocycles. The standard InChI is InChI=1S/C70H91FN18O17S2/c71-42-15-18-45-44(32-42)41(34-79-45)31-51-66(103)82-48(20-22-58(95)96)63(100)86-52(60(74)97)35-107-108-36-53(87-64(101)49(29-37-13-16-43(90)17-14-37)84-68(105)54-12-6-28-89(54)56(92)23-25-72)67(104)88-59(38-7-1-2-8-38)69(106)85-50(30-39-9-3-4-10-40(39)33-73)65(102)81-46(11-5-26-78-70(75)76)61(98)77-27-24-55(91)80-47(62(99)83-51)19-21-57(93)94/h3-4,9-10,13-18,32,34,38,46-54,59,79,90H,1-2,5-8,11-12,19-31,35-36,72H2,(H2,74,97)(H,77,98)(H,80,91)(H,81,102)(H,82,103)(H,83,99)(H,84,105)(H,85,106)(H,86,100)(H,87,101)(H,88,104)(H,93,94)(H,95,96)(H4,75,76,78)/t46-,47-,48-,49-,50-,51-,52-,53-,54-,59+/m0/s1. The number of hydrogen-bond acceptors (Lipinski definition) is 20. The highest BCUT2D eigenvalue weighted by atomic mass is 33.1. The van der Waals surface area contributed by atoms with Gasteiger partial charge in [-0.05, 0) is 110 Å². The Bertz CT molecular complexity index is 3990. The summed E-state index contributed by atoms with van der Waals surface area (Å²) in [5.41, 5.74) is 18.5. The van der Waals surface area contributed by atoms with E-state index in [1.54, 1.807) is 12.1 Å². The molecule has 0 unspecified atom stereocenters. The van der Waals surface area contributed by atoms with Crippen molar-refractivity contribution < 1.29 is 86.8 Å². The zero-order chi connectivity index (χ0) is 78.6. The number of nitrogens with one attached hydrogen (secondary N) is 13. The first kappa shape index (κ1) is 84.2. The number of carboxylic acids is 2. The molecule has 2 aliphatic heterocycles. The molecule has 3 fully saturated rings. The second kappa shape index (κ2) is 41.7. The van der Waals surface area contributed by atoms with Crippen molar-refractivity contribution in [2.45, 2.75) is 170 Å². The van der Waals surface area contributed by atoms with Crippen LogP contribution in [0.2, 0.25) is 0 Å². The number of likely N-dealkylation sites (tertiary alicyclic amines) is 1. The SMILES string of the molecule is N#Cc1ccccc1C[C@@H]1NC(=O)[C@@H](C2CCCC2)NC(=O)[C@@H](NC(=O)[C@H](Cc2ccc(O)cc2)NC(=O)[C@@H]2CCCN2C(=O)CCN)CSSC[C@@H](C(N)=O)NC(=O)[C@H](CCC(=O)O)NC(=O)[C@H](Cc2c[nH]c3ccc(F)cc23)NC(=O)[C@H](CCC(=O)O)NC(=O)CCNC(=O)[C@H](CCCNC(=N)N)NC1=O. The van der Waals surface area contributed by atoms with Gasteiger partial charge in [-0.2, -0.15) is 5.26 Å². The molecule has 1 aromatic heterocycles. The number of carboxylic acid groups (broad SMARTS) is 2. The lowest BCUT2D eigenvalue weighted by Gasteiger charge is -2.30. The van der Waals surface area contributed by atoms with E-state index in [1.807, 2.05) is 0 Å². The fourth-order valence-electron chi connectivity index (χ4n) is 12.7. The number of phenols is 1. The second-order valence-electron chi connectivity index (χ2n) is 26.3. The van der Waals surface area contributed by atoms with Crippen LogP contribution in [0.3, 0.4) is 0 Å². The van der Waals surface area contributed by atoms with Gasteiger partial charge in [-0.1, -0.05) is 64.8 Å². The lowest BCUT2D eigenvalue weighted by Crippen LogP contribution is -2.61. The minimum absolute atomic E-state index is 0.00294. The molecule has 0 bridgehead atoms. The molecular weight excluding hydrogens is 1450 g/mol. The van der Waals surface area contributed by atoms with Crippen LogP contribution in [0.1, 0.15) is 112 Å². The van der Waals surface area contributed by atoms with Gasteiger partial charge >= 0.3 is 11.9 Å². The molecule has 12 amide bonds. The zero-order valence-corrected chi connectivity index (χ0v) is 60.6. The highest BCUT2D eigenvalue weighted by Crippen LogP contribution is 2.30. The van der Waals surface area contributed by atoms with Gasteiger partial charge in [0.05, 0.1) is 11.6 Å². The summed E-state index contributed by atoms with van der Waals surface area (Å²) >= 11 is 0. The second-order valence-corrected chi connectivity index (χ2v) is 28.8. The Hall–Kier alpha value is -11.1. The van der Waals surface area contributed by atoms with Crippen molar-refractivity contribution in [2.24, 2.45) is 23.1 Å². The van der Waals surface area contributed by atoms with Gasteiger partial charge in [0.15, 0.2) is 5.96 Å². The highest BCUT2D eigenvalue weighted by Gasteiger charge is 2.41. The molecule has 3 aliphatic rings. The zero-order valence-electron chi connectivity index (χ0n) is 58.9. The molecule has 0 radical (unpaired) electrons. The number of benzene rings is 3. The van der Waals surface area contributed by atoms with E-state index in [0.29, 0.717) is 43.2 Å². The van der Waals surface area contributed by atoms with Crippen molar-refractivity contribution in [1.82, 2.24) is 68.4 Å². The predicted octanol–water partition coefficient (Wildman–Crippen LogP) is -1.82. The highest BCUT2D eigenvalue weighted by molar-refractivity contribution is 8.76. The van der Waals surface area contributed by atoms with Crippen LogP contribution in [-0.2, 0) is 86.4 Å². The molecule has 108 heavy (non-hydrogen) atoms. The molecule has 3 aromatic carbocycles. The van der Waals surface area contributed by atoms with Gasteiger partial charge in [-0.15, -0.1) is 0 Å². The molecule has 10 atom stereocenters. The van der Waals surface area contributed by atoms with Gasteiger partial charge in [0, 0.05) is 99.7 Å². The summed E-state index contributed by atoms with van der Waals surface area (Å²) in [5.74, 6) is -17.1. The number of carbonyl (C=O) groups is 14. The van der Waals surface area contributed by atoms with Crippen molar-refractivity contribution in [2.75, 3.05) is 37.7 Å². The van der Waals surface area contributed by atoms with Crippen molar-refractivity contribution in [3.63, 3.8) is 0 Å². The van der Waals surface area contributed by atoms with Crippen LogP contribution in [0, 0.1) is 28.5 Å². The van der Waals surface area contributed by atoms with E-state index >= 15 is 14.4 Å². The van der Waals surface area contributed by atoms with E-state index in [4.69, 9.17) is 22.6 Å². The summed E-state index contributed by atoms with van der Waals surface area (Å²) in [6.07, 6.45) is -0.703. The average Bonchev–Trinajstić information content (AvgIpc) is 1.66. The number of guanidine groups is 1. The first-order chi connectivity index (χ1) is 51.6. The molecule has 2 saturated heterocycles. The summed E-state index contributed by atoms with van der Waals surface area (Å²) in [7, 11) is 1.66. The number of nitriles is 1. The lowest BCUT2D eigenvalue weighted by atomic mass is 9.95. The van der Waals surface area contributed by atoms with Crippen molar-refractivity contribution >= 4 is 121 Å². The van der Waals surface area contributed by atoms with Gasteiger partial charge in [0.25, 0.3) is 0 Å². The van der Waals surface area contributed by atoms with Crippen LogP contribution in [0.25, 0.3) is 10.9 Å². The first-order valence-corrected chi connectivity index (χ1v) is 37.7. The predicted molar refractivity (Wildman–Crippen MR) is 391 cm³/mol. The first-order valence-electron chi connectivity index (χ1n) is 35.2. The van der Waals surface area contributed by atoms with Crippen LogP contribution in [-0.4, -0.2) is 212 Å². The van der Waals surface area contributed by atoms with E-state index in [0.717, 1.165) is 33.7 Å². The normalized spacial score (nSPS) is 22.6. The third-order valence-electron chi connectivity index (χ3n) is 18.4. The molecule has 38 heteroatoms. The van der Waals surface area contributed by atoms with Gasteiger partial charge in [0.1, 0.15) is 72.0 Å². The van der Waals surface area contributed by atoms with Crippen LogP contribution in [0.5, 0.6) is 5.75 Å². The number of fused-ring (bicyclic) bond motifs is 1. The van der Waals surface area contributed by atoms with Crippen LogP contribution < -0.4 is 75.7 Å². The number of aromatic hydroxyl groups is 1. The van der Waals surface area contributed by atoms with Crippen LogP contribution in [0.4, 0.5) is 4.39 Å². The molecule has 4 aromatic rings. The topological polar surface area (TPSA) is 577 Å². The maximum atomic E-state index is 15.3. The number of aromatic amines is 1. The Kier molecular flexibility index (Phi) is 32.5. The summed E-state index contributed by atoms with van der Waals surface area (Å²) < 4.78 is 14.8. The molecule has 35 nitrogen and oxygen atoms in total. The Balaban J connectivity index is 1.29. The molecule has 7 rings (SSSR count). The van der Waals surface area contributed by atoms with Gasteiger partial charge in [0.2, 0.25) is 70.9 Å². The monoisotopic (exact) mass is 1540 g/mol. The maximum absolute atomic E-state index is 15.3. The summed E-state index contributed by atoms with van der Waals surface area (Å²) in [6.45, 7) is -0.274. The van der Waals surface area contributed by atoms with Crippen molar-refractivity contribution in [1.29, 1.82) is 10.7 Å². The van der Waals surface area contributed by atoms with Gasteiger partial charge < -0.3 is 101 Å². The van der Waals surface area contributed by atoms with Crippen LogP contribution >= 0.6 is 21.6 Å². The number of phenolic OH excluding ortho intramolecular Hbond substituents is 1. The number of hydrogen-bond donors (Lipinski definition) is 19. The average molecular weight is 1540 g/mol. The van der Waals surface area contributed by atoms with Gasteiger partial charge in [-0.25, -0.2) is 4.39 Å². The fourth-order valence-corrected chi connectivity index (χ4v) is 15.0. The Morgan fingerprint density at radius 3 is 1.95 bits per heavy atom. The van der Waals surface area contributed by atoms with Crippen LogP contribution in [0.15, 0.2) is 72.9 Å². The van der Waals surface area contributed by atoms with E-state index in [2.05, 4.69) is 69.5 Å². The summed E-state index contributed by atoms with van der Waals surface area (Å²) in [6, 6.07) is 1.72. The Morgan fingerprint density at radius 2 is 1.31 bits per heavy atom. The molecule has 22 N–H and O–H groups in total. The molecule has 582 valence electrons. The summed E-state index contributed by atoms with van der Waals surface area (Å²) in [5, 5.41) is 76.5. The van der Waals surface area contributed by atoms with E-state index in [9.17, 15) is 77.7 Å². The lowest BCUT2D eigenvalue weighted by molar-refractivity contribution is -0.139. The third-order valence-corrected chi connectivity index (χ3v) is 20.8. The number of rotatable bonds is 24. The Labute approximate surface area is 627 Å². The smallest absolute Gasteiger partial charge is 0.303 e. The third kappa shape index (κ3) is 25.9. The largest absolute Gasteiger partial charge is 0.508 e. The minimum atomic E-state index is -1.83. The number of primary amides is 1. The van der Waals surface area contributed by atoms with Crippen molar-refractivity contribution in [3.8, 4) is 11.8 Å². The molecular formula is C70H91FN18O17S2. The van der Waals surface area contributed by atoms with E-state index in [1.165, 1.54) is 53.6 Å².